The minimum Gasteiger partial charge on any atom is -0.468 e. The molecule has 3 nitrogen and oxygen atoms in total. The molecule has 2 aromatic heterocycles. The Hall–Kier alpha value is -1.10. The van der Waals surface area contributed by atoms with Gasteiger partial charge in [-0.15, -0.1) is 11.3 Å². The molecule has 18 heavy (non-hydrogen) atoms. The number of nitrogens with zero attached hydrogens (tertiary/aromatic N) is 1. The Morgan fingerprint density at radius 2 is 2.28 bits per heavy atom. The monoisotopic (exact) mass is 264 g/mol. The third-order valence-electron chi connectivity index (χ3n) is 2.89. The Morgan fingerprint density at radius 1 is 1.33 bits per heavy atom. The topological polar surface area (TPSA) is 28.4 Å². The summed E-state index contributed by atoms with van der Waals surface area (Å²) >= 11 is 1.83. The van der Waals surface area contributed by atoms with Crippen molar-refractivity contribution in [3.63, 3.8) is 0 Å². The van der Waals surface area contributed by atoms with Crippen molar-refractivity contribution >= 4 is 11.3 Å². The number of hydrogen-bond acceptors (Lipinski definition) is 4. The molecular formula is C14H20N2OS. The molecule has 0 aliphatic carbocycles. The quantitative estimate of drug-likeness (QED) is 0.743. The Labute approximate surface area is 112 Å². The molecule has 0 unspecified atom stereocenters. The SMILES string of the molecule is CCN(CCNCc1ccco1)Cc1cccs1. The summed E-state index contributed by atoms with van der Waals surface area (Å²) < 4.78 is 5.28. The zero-order valence-corrected chi connectivity index (χ0v) is 11.6. The highest BCUT2D eigenvalue weighted by atomic mass is 32.1. The maximum absolute atomic E-state index is 5.28. The van der Waals surface area contributed by atoms with E-state index in [0.717, 1.165) is 38.5 Å². The van der Waals surface area contributed by atoms with Gasteiger partial charge in [0.15, 0.2) is 0 Å². The van der Waals surface area contributed by atoms with Crippen LogP contribution >= 0.6 is 11.3 Å². The Balaban J connectivity index is 1.64. The number of nitrogens with one attached hydrogen (secondary N) is 1. The molecule has 0 aromatic carbocycles. The summed E-state index contributed by atoms with van der Waals surface area (Å²) in [7, 11) is 0. The first-order valence-corrected chi connectivity index (χ1v) is 7.24. The van der Waals surface area contributed by atoms with E-state index >= 15 is 0 Å². The number of hydrogen-bond donors (Lipinski definition) is 1. The lowest BCUT2D eigenvalue weighted by Crippen LogP contribution is -2.31. The standard InChI is InChI=1S/C14H20N2OS/c1-2-16(12-14-6-4-10-18-14)8-7-15-11-13-5-3-9-17-13/h3-6,9-10,15H,2,7-8,11-12H2,1H3. The lowest BCUT2D eigenvalue weighted by molar-refractivity contribution is 0.280. The van der Waals surface area contributed by atoms with Crippen LogP contribution in [0.15, 0.2) is 40.3 Å². The molecule has 0 aliphatic heterocycles. The molecule has 98 valence electrons. The highest BCUT2D eigenvalue weighted by molar-refractivity contribution is 7.09. The van der Waals surface area contributed by atoms with Gasteiger partial charge in [0.25, 0.3) is 0 Å². The molecule has 0 saturated carbocycles. The van der Waals surface area contributed by atoms with E-state index in [4.69, 9.17) is 4.42 Å². The summed E-state index contributed by atoms with van der Waals surface area (Å²) in [5.74, 6) is 0.997. The number of thiophene rings is 1. The van der Waals surface area contributed by atoms with Gasteiger partial charge in [0.1, 0.15) is 5.76 Å². The van der Waals surface area contributed by atoms with Crippen molar-refractivity contribution in [3.05, 3.63) is 46.5 Å². The summed E-state index contributed by atoms with van der Waals surface area (Å²) in [5, 5.41) is 5.54. The Bertz CT molecular complexity index is 411. The minimum atomic E-state index is 0.809. The van der Waals surface area contributed by atoms with E-state index in [0.29, 0.717) is 0 Å². The molecule has 0 spiro atoms. The van der Waals surface area contributed by atoms with Crippen LogP contribution in [-0.4, -0.2) is 24.5 Å². The predicted octanol–water partition coefficient (Wildman–Crippen LogP) is 2.95. The maximum Gasteiger partial charge on any atom is 0.117 e. The van der Waals surface area contributed by atoms with Crippen molar-refractivity contribution in [1.29, 1.82) is 0 Å². The number of furan rings is 1. The molecule has 4 heteroatoms. The molecule has 2 aromatic rings. The van der Waals surface area contributed by atoms with E-state index in [2.05, 4.69) is 34.7 Å². The average Bonchev–Trinajstić information content (AvgIpc) is 3.06. The van der Waals surface area contributed by atoms with Crippen LogP contribution in [0.3, 0.4) is 0 Å². The van der Waals surface area contributed by atoms with Crippen LogP contribution in [-0.2, 0) is 13.1 Å². The molecule has 0 radical (unpaired) electrons. The van der Waals surface area contributed by atoms with Gasteiger partial charge in [-0.05, 0) is 30.1 Å². The van der Waals surface area contributed by atoms with Crippen molar-refractivity contribution < 1.29 is 4.42 Å². The smallest absolute Gasteiger partial charge is 0.117 e. The van der Waals surface area contributed by atoms with Crippen LogP contribution in [0.2, 0.25) is 0 Å². The summed E-state index contributed by atoms with van der Waals surface area (Å²) in [6, 6.07) is 8.23. The molecule has 0 atom stereocenters. The Morgan fingerprint density at radius 3 is 2.94 bits per heavy atom. The third kappa shape index (κ3) is 4.29. The second kappa shape index (κ2) is 7.36. The van der Waals surface area contributed by atoms with E-state index in [1.165, 1.54) is 4.88 Å². The highest BCUT2D eigenvalue weighted by Gasteiger charge is 2.04. The Kier molecular flexibility index (Phi) is 5.45. The van der Waals surface area contributed by atoms with E-state index in [-0.39, 0.29) is 0 Å². The fourth-order valence-electron chi connectivity index (χ4n) is 1.83. The zero-order valence-electron chi connectivity index (χ0n) is 10.8. The molecule has 2 rings (SSSR count). The average molecular weight is 264 g/mol. The van der Waals surface area contributed by atoms with Crippen molar-refractivity contribution in [2.24, 2.45) is 0 Å². The van der Waals surface area contributed by atoms with Gasteiger partial charge < -0.3 is 9.73 Å². The third-order valence-corrected chi connectivity index (χ3v) is 3.75. The van der Waals surface area contributed by atoms with Gasteiger partial charge in [0.2, 0.25) is 0 Å². The fourth-order valence-corrected chi connectivity index (χ4v) is 2.58. The summed E-state index contributed by atoms with van der Waals surface area (Å²) in [6.45, 7) is 7.20. The van der Waals surface area contributed by atoms with Crippen LogP contribution in [0.25, 0.3) is 0 Å². The van der Waals surface area contributed by atoms with E-state index in [9.17, 15) is 0 Å². The van der Waals surface area contributed by atoms with Gasteiger partial charge in [-0.25, -0.2) is 0 Å². The lowest BCUT2D eigenvalue weighted by Gasteiger charge is -2.19. The van der Waals surface area contributed by atoms with Gasteiger partial charge in [-0.3, -0.25) is 4.90 Å². The fraction of sp³-hybridized carbons (Fsp3) is 0.429. The molecule has 0 bridgehead atoms. The molecule has 0 aliphatic rings. The summed E-state index contributed by atoms with van der Waals surface area (Å²) in [6.07, 6.45) is 1.71. The summed E-state index contributed by atoms with van der Waals surface area (Å²) in [5.41, 5.74) is 0. The van der Waals surface area contributed by atoms with Gasteiger partial charge in [0.05, 0.1) is 12.8 Å². The van der Waals surface area contributed by atoms with E-state index in [1.807, 2.05) is 23.5 Å². The van der Waals surface area contributed by atoms with Crippen molar-refractivity contribution in [1.82, 2.24) is 10.2 Å². The highest BCUT2D eigenvalue weighted by Crippen LogP contribution is 2.11. The van der Waals surface area contributed by atoms with Gasteiger partial charge in [0, 0.05) is 24.5 Å². The first kappa shape index (κ1) is 13.3. The predicted molar refractivity (Wildman–Crippen MR) is 75.7 cm³/mol. The zero-order chi connectivity index (χ0) is 12.6. The largest absolute Gasteiger partial charge is 0.468 e. The molecule has 0 amide bonds. The summed E-state index contributed by atoms with van der Waals surface area (Å²) in [4.78, 5) is 3.88. The molecule has 0 fully saturated rings. The maximum atomic E-state index is 5.28. The first-order chi connectivity index (χ1) is 8.88. The van der Waals surface area contributed by atoms with Crippen LogP contribution in [0, 0.1) is 0 Å². The van der Waals surface area contributed by atoms with Crippen LogP contribution in [0.5, 0.6) is 0 Å². The van der Waals surface area contributed by atoms with Gasteiger partial charge in [-0.1, -0.05) is 13.0 Å². The van der Waals surface area contributed by atoms with Crippen LogP contribution < -0.4 is 5.32 Å². The minimum absolute atomic E-state index is 0.809. The normalized spacial score (nSPS) is 11.2. The number of rotatable bonds is 8. The number of likely N-dealkylation sites (N-methyl/N-ethyl adjacent to an activating group) is 1. The second-order valence-corrected chi connectivity index (χ2v) is 5.24. The molecule has 0 saturated heterocycles. The van der Waals surface area contributed by atoms with Crippen molar-refractivity contribution in [3.8, 4) is 0 Å². The van der Waals surface area contributed by atoms with Gasteiger partial charge in [-0.2, -0.15) is 0 Å². The van der Waals surface area contributed by atoms with E-state index < -0.39 is 0 Å². The molecular weight excluding hydrogens is 244 g/mol. The molecule has 2 heterocycles. The first-order valence-electron chi connectivity index (χ1n) is 6.36. The molecule has 1 N–H and O–H groups in total. The second-order valence-electron chi connectivity index (χ2n) is 4.20. The van der Waals surface area contributed by atoms with Crippen molar-refractivity contribution in [2.75, 3.05) is 19.6 Å². The lowest BCUT2D eigenvalue weighted by atomic mass is 10.4. The van der Waals surface area contributed by atoms with Crippen LogP contribution in [0.4, 0.5) is 0 Å². The van der Waals surface area contributed by atoms with Crippen LogP contribution in [0.1, 0.15) is 17.6 Å². The van der Waals surface area contributed by atoms with E-state index in [1.54, 1.807) is 6.26 Å². The van der Waals surface area contributed by atoms with Crippen molar-refractivity contribution in [2.45, 2.75) is 20.0 Å². The van der Waals surface area contributed by atoms with Gasteiger partial charge >= 0.3 is 0 Å².